The Labute approximate surface area is 174 Å². The highest BCUT2D eigenvalue weighted by atomic mass is 35.5. The summed E-state index contributed by atoms with van der Waals surface area (Å²) in [6.45, 7) is 3.72. The van der Waals surface area contributed by atoms with Crippen molar-refractivity contribution in [1.82, 2.24) is 15.1 Å². The number of piperazine rings is 1. The highest BCUT2D eigenvalue weighted by Gasteiger charge is 2.34. The smallest absolute Gasteiger partial charge is 0.264 e. The number of piperidine rings is 1. The van der Waals surface area contributed by atoms with Gasteiger partial charge >= 0.3 is 0 Å². The maximum Gasteiger partial charge on any atom is 0.264 e. The Kier molecular flexibility index (Phi) is 6.11. The number of hydrogen-bond acceptors (Lipinski definition) is 4. The van der Waals surface area contributed by atoms with Crippen molar-refractivity contribution < 1.29 is 9.59 Å². The van der Waals surface area contributed by atoms with Gasteiger partial charge in [0, 0.05) is 49.2 Å². The van der Waals surface area contributed by atoms with Crippen LogP contribution in [0, 0.1) is 5.92 Å². The zero-order valence-corrected chi connectivity index (χ0v) is 17.2. The van der Waals surface area contributed by atoms with Crippen LogP contribution in [0.4, 0.5) is 0 Å². The van der Waals surface area contributed by atoms with Gasteiger partial charge in [-0.15, -0.1) is 11.3 Å². The van der Waals surface area contributed by atoms with Gasteiger partial charge in [0.05, 0.1) is 11.0 Å². The molecule has 0 bridgehead atoms. The fraction of sp³-hybridized carbons (Fsp3) is 0.429. The third-order valence-electron chi connectivity index (χ3n) is 5.57. The van der Waals surface area contributed by atoms with E-state index in [-0.39, 0.29) is 23.8 Å². The summed E-state index contributed by atoms with van der Waals surface area (Å²) in [7, 11) is 0. The number of rotatable bonds is 4. The minimum atomic E-state index is -0.00513. The van der Waals surface area contributed by atoms with Gasteiger partial charge in [0.2, 0.25) is 0 Å². The predicted octanol–water partition coefficient (Wildman–Crippen LogP) is 3.38. The van der Waals surface area contributed by atoms with Crippen LogP contribution in [-0.2, 0) is 0 Å². The Balaban J connectivity index is 1.33. The third-order valence-corrected chi connectivity index (χ3v) is 6.68. The lowest BCUT2D eigenvalue weighted by molar-refractivity contribution is 0.0411. The fourth-order valence-corrected chi connectivity index (χ4v) is 4.77. The average Bonchev–Trinajstić information content (AvgIpc) is 3.28. The summed E-state index contributed by atoms with van der Waals surface area (Å²) in [5.41, 5.74) is 0.724. The molecular formula is C21H23ClN3O2S. The standard InChI is InChI=1S/C21H23ClN3O2S/c22-17-5-3-15(4-6-17)20(26)16-7-8-23-19(14-16)24-9-11-25(12-10-24)21(27)18-2-1-13-28-18/h1-6,13,16,19H,7-12,14H2. The van der Waals surface area contributed by atoms with E-state index >= 15 is 0 Å². The predicted molar refractivity (Wildman–Crippen MR) is 111 cm³/mol. The molecule has 2 saturated heterocycles. The molecule has 7 heteroatoms. The van der Waals surface area contributed by atoms with Gasteiger partial charge in [0.25, 0.3) is 5.91 Å². The highest BCUT2D eigenvalue weighted by molar-refractivity contribution is 7.12. The van der Waals surface area contributed by atoms with Crippen LogP contribution in [-0.4, -0.2) is 60.4 Å². The third kappa shape index (κ3) is 4.30. The van der Waals surface area contributed by atoms with Crippen molar-refractivity contribution in [1.29, 1.82) is 0 Å². The molecule has 2 aliphatic heterocycles. The summed E-state index contributed by atoms with van der Waals surface area (Å²) in [5, 5.41) is 7.34. The quantitative estimate of drug-likeness (QED) is 0.718. The van der Waals surface area contributed by atoms with Crippen molar-refractivity contribution >= 4 is 34.6 Å². The van der Waals surface area contributed by atoms with Crippen molar-refractivity contribution in [2.75, 3.05) is 32.7 Å². The second kappa shape index (κ2) is 8.74. The topological polar surface area (TPSA) is 54.7 Å². The number of ketones is 1. The van der Waals surface area contributed by atoms with Crippen LogP contribution < -0.4 is 5.32 Å². The number of halogens is 1. The van der Waals surface area contributed by atoms with Crippen molar-refractivity contribution in [2.45, 2.75) is 19.0 Å². The van der Waals surface area contributed by atoms with Crippen molar-refractivity contribution in [3.63, 3.8) is 0 Å². The van der Waals surface area contributed by atoms with E-state index in [1.54, 1.807) is 24.3 Å². The summed E-state index contributed by atoms with van der Waals surface area (Å²) < 4.78 is 0. The molecule has 1 aromatic heterocycles. The molecule has 2 aromatic rings. The van der Waals surface area contributed by atoms with Gasteiger partial charge in [-0.3, -0.25) is 14.5 Å². The SMILES string of the molecule is O=C(c1ccc(Cl)cc1)C1CC[N]C(N2CCN(C(=O)c3cccs3)CC2)C1. The lowest BCUT2D eigenvalue weighted by Crippen LogP contribution is -2.56. The first-order valence-corrected chi connectivity index (χ1v) is 10.9. The van der Waals surface area contributed by atoms with Crippen LogP contribution in [0.25, 0.3) is 0 Å². The second-order valence-electron chi connectivity index (χ2n) is 7.28. The molecule has 2 unspecified atom stereocenters. The largest absolute Gasteiger partial charge is 0.335 e. The number of benzene rings is 1. The van der Waals surface area contributed by atoms with Gasteiger partial charge in [-0.05, 0) is 48.6 Å². The van der Waals surface area contributed by atoms with Crippen molar-refractivity contribution in [3.05, 3.63) is 57.2 Å². The summed E-state index contributed by atoms with van der Waals surface area (Å²) in [6.07, 6.45) is 1.61. The van der Waals surface area contributed by atoms with Crippen LogP contribution in [0.5, 0.6) is 0 Å². The van der Waals surface area contributed by atoms with Gasteiger partial charge in [-0.2, -0.15) is 0 Å². The first kappa shape index (κ1) is 19.6. The number of amides is 1. The van der Waals surface area contributed by atoms with Crippen molar-refractivity contribution in [2.24, 2.45) is 5.92 Å². The Hall–Kier alpha value is -1.73. The lowest BCUT2D eigenvalue weighted by Gasteiger charge is -2.41. The molecule has 2 fully saturated rings. The molecule has 2 aliphatic rings. The summed E-state index contributed by atoms with van der Waals surface area (Å²) in [4.78, 5) is 30.4. The van der Waals surface area contributed by atoms with E-state index in [1.165, 1.54) is 11.3 Å². The summed E-state index contributed by atoms with van der Waals surface area (Å²) in [6, 6.07) is 10.9. The van der Waals surface area contributed by atoms with E-state index in [0.717, 1.165) is 36.4 Å². The number of carbonyl (C=O) groups is 2. The molecule has 0 aliphatic carbocycles. The zero-order chi connectivity index (χ0) is 19.5. The molecule has 1 radical (unpaired) electrons. The Bertz CT molecular complexity index is 817. The number of carbonyl (C=O) groups excluding carboxylic acids is 2. The summed E-state index contributed by atoms with van der Waals surface area (Å²) in [5.74, 6) is 0.295. The number of thiophene rings is 1. The van der Waals surface area contributed by atoms with Gasteiger partial charge < -0.3 is 4.90 Å². The van der Waals surface area contributed by atoms with Crippen LogP contribution in [0.2, 0.25) is 5.02 Å². The monoisotopic (exact) mass is 416 g/mol. The fourth-order valence-electron chi connectivity index (χ4n) is 3.96. The number of nitrogens with zero attached hydrogens (tertiary/aromatic N) is 3. The molecule has 28 heavy (non-hydrogen) atoms. The molecule has 3 heterocycles. The minimum absolute atomic E-state index is 0.00513. The highest BCUT2D eigenvalue weighted by Crippen LogP contribution is 2.25. The first-order chi connectivity index (χ1) is 13.6. The zero-order valence-electron chi connectivity index (χ0n) is 15.6. The van der Waals surface area contributed by atoms with E-state index in [1.807, 2.05) is 22.4 Å². The molecule has 1 aromatic carbocycles. The van der Waals surface area contributed by atoms with Crippen molar-refractivity contribution in [3.8, 4) is 0 Å². The van der Waals surface area contributed by atoms with Crippen LogP contribution in [0.3, 0.4) is 0 Å². The molecule has 147 valence electrons. The number of Topliss-reactive ketones (excluding diaryl/α,β-unsaturated/α-hetero) is 1. The van der Waals surface area contributed by atoms with E-state index in [0.29, 0.717) is 24.7 Å². The Morgan fingerprint density at radius 3 is 2.50 bits per heavy atom. The van der Waals surface area contributed by atoms with Gasteiger partial charge in [0.15, 0.2) is 5.78 Å². The first-order valence-electron chi connectivity index (χ1n) is 9.65. The maximum atomic E-state index is 12.9. The molecule has 0 N–H and O–H groups in total. The molecule has 0 saturated carbocycles. The van der Waals surface area contributed by atoms with Crippen LogP contribution in [0.1, 0.15) is 32.9 Å². The van der Waals surface area contributed by atoms with Gasteiger partial charge in [-0.25, -0.2) is 5.32 Å². The number of hydrogen-bond donors (Lipinski definition) is 0. The molecule has 5 nitrogen and oxygen atoms in total. The molecule has 2 atom stereocenters. The van der Waals surface area contributed by atoms with Crippen LogP contribution in [0.15, 0.2) is 41.8 Å². The minimum Gasteiger partial charge on any atom is -0.335 e. The second-order valence-corrected chi connectivity index (χ2v) is 8.67. The molecule has 0 spiro atoms. The average molecular weight is 417 g/mol. The van der Waals surface area contributed by atoms with E-state index in [9.17, 15) is 9.59 Å². The van der Waals surface area contributed by atoms with E-state index in [4.69, 9.17) is 16.9 Å². The Morgan fingerprint density at radius 2 is 1.82 bits per heavy atom. The molecule has 4 rings (SSSR count). The Morgan fingerprint density at radius 1 is 1.07 bits per heavy atom. The van der Waals surface area contributed by atoms with E-state index in [2.05, 4.69) is 4.90 Å². The lowest BCUT2D eigenvalue weighted by atomic mass is 9.87. The van der Waals surface area contributed by atoms with Gasteiger partial charge in [0.1, 0.15) is 0 Å². The normalized spacial score (nSPS) is 23.5. The van der Waals surface area contributed by atoms with Gasteiger partial charge in [-0.1, -0.05) is 17.7 Å². The summed E-state index contributed by atoms with van der Waals surface area (Å²) >= 11 is 7.42. The molecular weight excluding hydrogens is 394 g/mol. The molecule has 1 amide bonds. The van der Waals surface area contributed by atoms with E-state index < -0.39 is 0 Å². The van der Waals surface area contributed by atoms with Crippen LogP contribution >= 0.6 is 22.9 Å². The maximum absolute atomic E-state index is 12.9.